The molecule has 4 nitrogen and oxygen atoms in total. The van der Waals surface area contributed by atoms with Gasteiger partial charge in [-0.15, -0.1) is 0 Å². The maximum Gasteiger partial charge on any atom is 0.169 e. The van der Waals surface area contributed by atoms with Gasteiger partial charge in [-0.2, -0.15) is 0 Å². The number of hydrogen-bond acceptors (Lipinski definition) is 4. The number of methoxy groups -OCH3 is 1. The highest BCUT2D eigenvalue weighted by Gasteiger charge is 2.06. The highest BCUT2D eigenvalue weighted by atomic mass is 16.5. The lowest BCUT2D eigenvalue weighted by Crippen LogP contribution is -2.01. The molecule has 0 bridgehead atoms. The summed E-state index contributed by atoms with van der Waals surface area (Å²) in [5.74, 6) is 2.98. The molecule has 1 aromatic carbocycles. The van der Waals surface area contributed by atoms with E-state index in [4.69, 9.17) is 9.47 Å². The molecule has 4 heteroatoms. The van der Waals surface area contributed by atoms with Crippen LogP contribution in [0.15, 0.2) is 36.5 Å². The van der Waals surface area contributed by atoms with Gasteiger partial charge in [0.05, 0.1) is 7.11 Å². The third kappa shape index (κ3) is 3.63. The van der Waals surface area contributed by atoms with Gasteiger partial charge in [-0.05, 0) is 37.1 Å². The van der Waals surface area contributed by atoms with E-state index in [-0.39, 0.29) is 0 Å². The van der Waals surface area contributed by atoms with Crippen molar-refractivity contribution < 1.29 is 9.47 Å². The molecule has 0 spiro atoms. The molecule has 0 aliphatic rings. The Hall–Kier alpha value is -2.23. The van der Waals surface area contributed by atoms with Crippen molar-refractivity contribution in [1.29, 1.82) is 0 Å². The van der Waals surface area contributed by atoms with Gasteiger partial charge in [-0.1, -0.05) is 13.0 Å². The largest absolute Gasteiger partial charge is 0.493 e. The smallest absolute Gasteiger partial charge is 0.169 e. The van der Waals surface area contributed by atoms with E-state index in [9.17, 15) is 0 Å². The van der Waals surface area contributed by atoms with Crippen LogP contribution in [0.3, 0.4) is 0 Å². The molecule has 0 saturated heterocycles. The SMILES string of the molecule is CCCNc1cc(Oc2ccc(C)cc2OC)ccn1. The van der Waals surface area contributed by atoms with E-state index in [1.807, 2.05) is 37.3 Å². The van der Waals surface area contributed by atoms with E-state index in [0.717, 1.165) is 35.8 Å². The lowest BCUT2D eigenvalue weighted by atomic mass is 10.2. The number of ether oxygens (including phenoxy) is 2. The van der Waals surface area contributed by atoms with E-state index in [2.05, 4.69) is 17.2 Å². The number of anilines is 1. The fraction of sp³-hybridized carbons (Fsp3) is 0.312. The molecule has 2 aromatic rings. The molecule has 0 amide bonds. The first-order chi connectivity index (χ1) is 9.72. The average Bonchev–Trinajstić information content (AvgIpc) is 2.47. The first kappa shape index (κ1) is 14.2. The number of benzene rings is 1. The van der Waals surface area contributed by atoms with Crippen LogP contribution in [0.2, 0.25) is 0 Å². The lowest BCUT2D eigenvalue weighted by molar-refractivity contribution is 0.378. The molecule has 106 valence electrons. The molecule has 0 saturated carbocycles. The standard InChI is InChI=1S/C16H20N2O2/c1-4-8-17-16-11-13(7-9-18-16)20-14-6-5-12(2)10-15(14)19-3/h5-7,9-11H,4,8H2,1-3H3,(H,17,18). The Balaban J connectivity index is 2.17. The molecule has 1 N–H and O–H groups in total. The molecule has 1 aromatic heterocycles. The maximum absolute atomic E-state index is 5.87. The Kier molecular flexibility index (Phi) is 4.82. The van der Waals surface area contributed by atoms with Crippen molar-refractivity contribution in [3.8, 4) is 17.2 Å². The van der Waals surface area contributed by atoms with Crippen molar-refractivity contribution >= 4 is 5.82 Å². The Bertz CT molecular complexity index is 570. The lowest BCUT2D eigenvalue weighted by Gasteiger charge is -2.12. The summed E-state index contributed by atoms with van der Waals surface area (Å²) in [7, 11) is 1.64. The molecule has 1 heterocycles. The molecule has 2 rings (SSSR count). The Labute approximate surface area is 119 Å². The predicted octanol–water partition coefficient (Wildman–Crippen LogP) is 4.01. The van der Waals surface area contributed by atoms with Crippen molar-refractivity contribution in [2.75, 3.05) is 19.0 Å². The predicted molar refractivity (Wildman–Crippen MR) is 80.8 cm³/mol. The maximum atomic E-state index is 5.87. The van der Waals surface area contributed by atoms with Gasteiger partial charge in [0.15, 0.2) is 11.5 Å². The fourth-order valence-corrected chi connectivity index (χ4v) is 1.81. The summed E-state index contributed by atoms with van der Waals surface area (Å²) in [6.07, 6.45) is 2.78. The van der Waals surface area contributed by atoms with Crippen molar-refractivity contribution in [3.63, 3.8) is 0 Å². The third-order valence-corrected chi connectivity index (χ3v) is 2.83. The molecule has 0 radical (unpaired) electrons. The monoisotopic (exact) mass is 272 g/mol. The van der Waals surface area contributed by atoms with Gasteiger partial charge in [0.2, 0.25) is 0 Å². The van der Waals surface area contributed by atoms with E-state index >= 15 is 0 Å². The molecule has 0 aliphatic carbocycles. The number of rotatable bonds is 6. The van der Waals surface area contributed by atoms with Crippen LogP contribution in [-0.2, 0) is 0 Å². The number of aromatic nitrogens is 1. The van der Waals surface area contributed by atoms with Crippen LogP contribution in [0.1, 0.15) is 18.9 Å². The summed E-state index contributed by atoms with van der Waals surface area (Å²) in [6, 6.07) is 9.57. The second kappa shape index (κ2) is 6.80. The minimum Gasteiger partial charge on any atom is -0.493 e. The highest BCUT2D eigenvalue weighted by Crippen LogP contribution is 2.32. The quantitative estimate of drug-likeness (QED) is 0.862. The van der Waals surface area contributed by atoms with Gasteiger partial charge < -0.3 is 14.8 Å². The zero-order valence-corrected chi connectivity index (χ0v) is 12.1. The topological polar surface area (TPSA) is 43.4 Å². The van der Waals surface area contributed by atoms with Crippen LogP contribution in [0.4, 0.5) is 5.82 Å². The van der Waals surface area contributed by atoms with Crippen LogP contribution >= 0.6 is 0 Å². The molecule has 0 aliphatic heterocycles. The number of nitrogens with one attached hydrogen (secondary N) is 1. The molecular weight excluding hydrogens is 252 g/mol. The number of nitrogens with zero attached hydrogens (tertiary/aromatic N) is 1. The van der Waals surface area contributed by atoms with Gasteiger partial charge in [0.1, 0.15) is 11.6 Å². The minimum atomic E-state index is 0.700. The molecule has 0 atom stereocenters. The second-order valence-corrected chi connectivity index (χ2v) is 4.56. The minimum absolute atomic E-state index is 0.700. The van der Waals surface area contributed by atoms with Gasteiger partial charge in [-0.3, -0.25) is 0 Å². The first-order valence-electron chi connectivity index (χ1n) is 6.75. The number of pyridine rings is 1. The van der Waals surface area contributed by atoms with E-state index in [1.54, 1.807) is 13.3 Å². The van der Waals surface area contributed by atoms with Crippen LogP contribution < -0.4 is 14.8 Å². The highest BCUT2D eigenvalue weighted by molar-refractivity contribution is 5.47. The van der Waals surface area contributed by atoms with E-state index in [1.165, 1.54) is 0 Å². The van der Waals surface area contributed by atoms with Crippen LogP contribution in [0.5, 0.6) is 17.2 Å². The molecule has 0 unspecified atom stereocenters. The Morgan fingerprint density at radius 2 is 2.00 bits per heavy atom. The molecular formula is C16H20N2O2. The first-order valence-corrected chi connectivity index (χ1v) is 6.75. The molecule has 0 fully saturated rings. The normalized spacial score (nSPS) is 10.2. The number of aryl methyl sites for hydroxylation is 1. The van der Waals surface area contributed by atoms with E-state index < -0.39 is 0 Å². The summed E-state index contributed by atoms with van der Waals surface area (Å²) in [5, 5.41) is 3.24. The third-order valence-electron chi connectivity index (χ3n) is 2.83. The van der Waals surface area contributed by atoms with Crippen LogP contribution in [0.25, 0.3) is 0 Å². The van der Waals surface area contributed by atoms with Crippen molar-refractivity contribution in [2.45, 2.75) is 20.3 Å². The average molecular weight is 272 g/mol. The van der Waals surface area contributed by atoms with Gasteiger partial charge in [0, 0.05) is 18.8 Å². The summed E-state index contributed by atoms with van der Waals surface area (Å²) >= 11 is 0. The fourth-order valence-electron chi connectivity index (χ4n) is 1.81. The second-order valence-electron chi connectivity index (χ2n) is 4.56. The summed E-state index contributed by atoms with van der Waals surface area (Å²) in [6.45, 7) is 5.03. The van der Waals surface area contributed by atoms with Crippen molar-refractivity contribution in [1.82, 2.24) is 4.98 Å². The zero-order valence-electron chi connectivity index (χ0n) is 12.1. The summed E-state index contributed by atoms with van der Waals surface area (Å²) in [5.41, 5.74) is 1.13. The van der Waals surface area contributed by atoms with Gasteiger partial charge in [0.25, 0.3) is 0 Å². The molecule has 20 heavy (non-hydrogen) atoms. The Morgan fingerprint density at radius 3 is 2.75 bits per heavy atom. The summed E-state index contributed by atoms with van der Waals surface area (Å²) < 4.78 is 11.2. The summed E-state index contributed by atoms with van der Waals surface area (Å²) in [4.78, 5) is 4.25. The van der Waals surface area contributed by atoms with Gasteiger partial charge >= 0.3 is 0 Å². The van der Waals surface area contributed by atoms with Crippen molar-refractivity contribution in [3.05, 3.63) is 42.1 Å². The van der Waals surface area contributed by atoms with E-state index in [0.29, 0.717) is 5.75 Å². The number of hydrogen-bond donors (Lipinski definition) is 1. The Morgan fingerprint density at radius 1 is 1.15 bits per heavy atom. The van der Waals surface area contributed by atoms with Gasteiger partial charge in [-0.25, -0.2) is 4.98 Å². The van der Waals surface area contributed by atoms with Crippen molar-refractivity contribution in [2.24, 2.45) is 0 Å². The van der Waals surface area contributed by atoms with Crippen LogP contribution in [-0.4, -0.2) is 18.6 Å². The van der Waals surface area contributed by atoms with Crippen LogP contribution in [0, 0.1) is 6.92 Å². The zero-order chi connectivity index (χ0) is 14.4.